The predicted molar refractivity (Wildman–Crippen MR) is 31.4 cm³/mol. The Bertz CT molecular complexity index is 145. The van der Waals surface area contributed by atoms with Crippen molar-refractivity contribution in [2.75, 3.05) is 0 Å². The van der Waals surface area contributed by atoms with Gasteiger partial charge in [0.05, 0.1) is 0 Å². The first-order valence-corrected chi connectivity index (χ1v) is 1.99. The first-order valence-electron chi connectivity index (χ1n) is 1.99. The summed E-state index contributed by atoms with van der Waals surface area (Å²) in [4.78, 5) is 0. The van der Waals surface area contributed by atoms with Gasteiger partial charge in [-0.15, -0.1) is 6.42 Å². The Morgan fingerprint density at radius 1 is 1.57 bits per heavy atom. The van der Waals surface area contributed by atoms with Crippen LogP contribution < -0.4 is 0 Å². The van der Waals surface area contributed by atoms with Gasteiger partial charge in [0, 0.05) is 0 Å². The molecular weight excluding hydrogens is 84.1 g/mol. The smallest absolute Gasteiger partial charge is 0.0108 e. The van der Waals surface area contributed by atoms with Crippen LogP contribution in [0.25, 0.3) is 0 Å². The highest BCUT2D eigenvalue weighted by Gasteiger charge is 1.48. The van der Waals surface area contributed by atoms with Crippen LogP contribution in [-0.2, 0) is 0 Å². The number of allylic oxidation sites excluding steroid dienone is 2. The lowest BCUT2D eigenvalue weighted by Crippen LogP contribution is -1.45. The van der Waals surface area contributed by atoms with E-state index in [-0.39, 0.29) is 0 Å². The van der Waals surface area contributed by atoms with E-state index in [9.17, 15) is 0 Å². The summed E-state index contributed by atoms with van der Waals surface area (Å²) in [7, 11) is 0. The molecule has 0 aliphatic carbocycles. The Hall–Kier alpha value is -1.14. The van der Waals surface area contributed by atoms with Crippen molar-refractivity contribution < 1.29 is 0 Å². The fourth-order valence-electron chi connectivity index (χ4n) is 0.167. The molecule has 0 rings (SSSR count). The minimum absolute atomic E-state index is 1.71. The van der Waals surface area contributed by atoms with E-state index in [1.54, 1.807) is 6.08 Å². The Kier molecular flexibility index (Phi) is 4.07. The normalized spacial score (nSPS) is 6.86. The Morgan fingerprint density at radius 2 is 2.29 bits per heavy atom. The molecular formula is C7H6. The molecule has 0 nitrogen and oxygen atoms in total. The van der Waals surface area contributed by atoms with Crippen LogP contribution >= 0.6 is 0 Å². The van der Waals surface area contributed by atoms with Crippen LogP contribution in [0.5, 0.6) is 0 Å². The van der Waals surface area contributed by atoms with Crippen molar-refractivity contribution in [3.8, 4) is 24.2 Å². The zero-order chi connectivity index (χ0) is 5.54. The molecule has 0 heterocycles. The topological polar surface area (TPSA) is 0 Å². The Labute approximate surface area is 44.2 Å². The quantitative estimate of drug-likeness (QED) is 0.392. The molecule has 0 aromatic rings. The van der Waals surface area contributed by atoms with Gasteiger partial charge >= 0.3 is 0 Å². The lowest BCUT2D eigenvalue weighted by atomic mass is 10.5. The van der Waals surface area contributed by atoms with Crippen molar-refractivity contribution >= 4 is 0 Å². The lowest BCUT2D eigenvalue weighted by molar-refractivity contribution is 1.76. The van der Waals surface area contributed by atoms with Gasteiger partial charge in [0.1, 0.15) is 0 Å². The molecule has 0 bridgehead atoms. The zero-order valence-electron chi connectivity index (χ0n) is 4.23. The molecule has 0 fully saturated rings. The number of rotatable bonds is 0. The van der Waals surface area contributed by atoms with E-state index in [0.29, 0.717) is 0 Å². The van der Waals surface area contributed by atoms with E-state index in [2.05, 4.69) is 17.8 Å². The first kappa shape index (κ1) is 5.86. The average Bonchev–Trinajstić information content (AvgIpc) is 1.69. The zero-order valence-corrected chi connectivity index (χ0v) is 4.23. The van der Waals surface area contributed by atoms with Crippen LogP contribution in [0.1, 0.15) is 6.92 Å². The Morgan fingerprint density at radius 3 is 2.71 bits per heavy atom. The summed E-state index contributed by atoms with van der Waals surface area (Å²) in [5, 5.41) is 0. The minimum atomic E-state index is 1.71. The number of terminal acetylenes is 1. The Balaban J connectivity index is 3.52. The maximum atomic E-state index is 4.81. The summed E-state index contributed by atoms with van der Waals surface area (Å²) in [6.45, 7) is 1.89. The molecule has 0 saturated carbocycles. The van der Waals surface area contributed by atoms with Crippen LogP contribution in [0.3, 0.4) is 0 Å². The summed E-state index contributed by atoms with van der Waals surface area (Å²) in [6, 6.07) is 0. The van der Waals surface area contributed by atoms with E-state index in [0.717, 1.165) is 0 Å². The molecule has 0 N–H and O–H groups in total. The van der Waals surface area contributed by atoms with Crippen LogP contribution in [-0.4, -0.2) is 0 Å². The highest BCUT2D eigenvalue weighted by atomic mass is 13.5. The number of hydrogen-bond acceptors (Lipinski definition) is 0. The molecule has 0 spiro atoms. The van der Waals surface area contributed by atoms with E-state index in [1.165, 1.54) is 0 Å². The van der Waals surface area contributed by atoms with Crippen LogP contribution in [0.15, 0.2) is 12.2 Å². The van der Waals surface area contributed by atoms with Gasteiger partial charge in [-0.3, -0.25) is 0 Å². The van der Waals surface area contributed by atoms with E-state index < -0.39 is 0 Å². The summed E-state index contributed by atoms with van der Waals surface area (Å²) in [5.41, 5.74) is 0. The SMILES string of the molecule is C#CC#C/C=C/C. The van der Waals surface area contributed by atoms with Gasteiger partial charge in [-0.1, -0.05) is 12.0 Å². The molecule has 7 heavy (non-hydrogen) atoms. The molecule has 0 aromatic heterocycles. The summed E-state index contributed by atoms with van der Waals surface area (Å²) >= 11 is 0. The monoisotopic (exact) mass is 90.0 g/mol. The standard InChI is InChI=1S/C7H6/c1-3-5-7-6-4-2/h1,4,6H,2H3/b6-4+. The first-order chi connectivity index (χ1) is 3.41. The average molecular weight is 90.1 g/mol. The van der Waals surface area contributed by atoms with Crippen molar-refractivity contribution in [3.63, 3.8) is 0 Å². The van der Waals surface area contributed by atoms with Crippen molar-refractivity contribution in [1.82, 2.24) is 0 Å². The van der Waals surface area contributed by atoms with E-state index >= 15 is 0 Å². The third kappa shape index (κ3) is 4.86. The van der Waals surface area contributed by atoms with Gasteiger partial charge in [0.25, 0.3) is 0 Å². The van der Waals surface area contributed by atoms with Gasteiger partial charge in [0.2, 0.25) is 0 Å². The van der Waals surface area contributed by atoms with Crippen molar-refractivity contribution in [2.24, 2.45) is 0 Å². The highest BCUT2D eigenvalue weighted by molar-refractivity contribution is 5.27. The fraction of sp³-hybridized carbons (Fsp3) is 0.143. The van der Waals surface area contributed by atoms with Crippen LogP contribution in [0.2, 0.25) is 0 Å². The molecule has 0 radical (unpaired) electrons. The lowest BCUT2D eigenvalue weighted by Gasteiger charge is -1.56. The highest BCUT2D eigenvalue weighted by Crippen LogP contribution is 1.61. The maximum absolute atomic E-state index is 4.81. The summed E-state index contributed by atoms with van der Waals surface area (Å²) in [6.07, 6.45) is 8.36. The molecule has 0 atom stereocenters. The van der Waals surface area contributed by atoms with Gasteiger partial charge in [-0.05, 0) is 24.8 Å². The molecule has 0 aliphatic heterocycles. The molecule has 0 unspecified atom stereocenters. The largest absolute Gasteiger partial charge is 0.106 e. The molecule has 0 heteroatoms. The van der Waals surface area contributed by atoms with Crippen molar-refractivity contribution in [1.29, 1.82) is 0 Å². The van der Waals surface area contributed by atoms with Crippen LogP contribution in [0, 0.1) is 24.2 Å². The van der Waals surface area contributed by atoms with E-state index in [1.807, 2.05) is 13.0 Å². The summed E-state index contributed by atoms with van der Waals surface area (Å²) in [5.74, 6) is 7.25. The molecule has 0 amide bonds. The van der Waals surface area contributed by atoms with E-state index in [4.69, 9.17) is 6.42 Å². The maximum Gasteiger partial charge on any atom is -0.0108 e. The third-order valence-corrected chi connectivity index (χ3v) is 0.394. The second kappa shape index (κ2) is 4.86. The number of hydrogen-bond donors (Lipinski definition) is 0. The van der Waals surface area contributed by atoms with Crippen molar-refractivity contribution in [3.05, 3.63) is 12.2 Å². The summed E-state index contributed by atoms with van der Waals surface area (Å²) < 4.78 is 0. The second-order valence-corrected chi connectivity index (χ2v) is 0.914. The van der Waals surface area contributed by atoms with Gasteiger partial charge in [0.15, 0.2) is 0 Å². The van der Waals surface area contributed by atoms with Gasteiger partial charge in [-0.25, -0.2) is 0 Å². The van der Waals surface area contributed by atoms with Crippen molar-refractivity contribution in [2.45, 2.75) is 6.92 Å². The minimum Gasteiger partial charge on any atom is -0.106 e. The molecule has 0 saturated heterocycles. The predicted octanol–water partition coefficient (Wildman–Crippen LogP) is 1.20. The molecule has 0 aromatic carbocycles. The third-order valence-electron chi connectivity index (χ3n) is 0.394. The fourth-order valence-corrected chi connectivity index (χ4v) is 0.167. The van der Waals surface area contributed by atoms with Crippen LogP contribution in [0.4, 0.5) is 0 Å². The molecule has 0 aliphatic rings. The van der Waals surface area contributed by atoms with Gasteiger partial charge < -0.3 is 0 Å². The molecule has 34 valence electrons. The van der Waals surface area contributed by atoms with Gasteiger partial charge in [-0.2, -0.15) is 0 Å². The second-order valence-electron chi connectivity index (χ2n) is 0.914.